The van der Waals surface area contributed by atoms with E-state index in [9.17, 15) is 0 Å². The summed E-state index contributed by atoms with van der Waals surface area (Å²) in [7, 11) is 0. The molecule has 6 heteroatoms. The van der Waals surface area contributed by atoms with Gasteiger partial charge in [-0.1, -0.05) is 30.3 Å². The summed E-state index contributed by atoms with van der Waals surface area (Å²) in [6.45, 7) is 0. The average molecular weight is 300 g/mol. The molecule has 0 unspecified atom stereocenters. The molecule has 20 heavy (non-hydrogen) atoms. The largest absolute Gasteiger partial charge is 0.281 e. The maximum Gasteiger partial charge on any atom is 0.213 e. The van der Waals surface area contributed by atoms with E-state index in [2.05, 4.69) is 27.3 Å². The fourth-order valence-corrected chi connectivity index (χ4v) is 3.46. The number of rotatable bonds is 3. The van der Waals surface area contributed by atoms with Crippen LogP contribution in [0.4, 0.5) is 0 Å². The summed E-state index contributed by atoms with van der Waals surface area (Å²) >= 11 is 6.72. The molecule has 0 bridgehead atoms. The Morgan fingerprint density at radius 2 is 1.90 bits per heavy atom. The second-order valence-electron chi connectivity index (χ2n) is 4.89. The smallest absolute Gasteiger partial charge is 0.213 e. The number of nitrogens with one attached hydrogen (secondary N) is 2. The molecule has 3 aromatic rings. The van der Waals surface area contributed by atoms with E-state index in [4.69, 9.17) is 17.2 Å². The topological polar surface area (TPSA) is 57.4 Å². The van der Waals surface area contributed by atoms with Crippen LogP contribution in [0.25, 0.3) is 21.3 Å². The Labute approximate surface area is 124 Å². The minimum atomic E-state index is 0.483. The molecule has 0 atom stereocenters. The van der Waals surface area contributed by atoms with Crippen molar-refractivity contribution in [3.05, 3.63) is 40.8 Å². The highest BCUT2D eigenvalue weighted by molar-refractivity contribution is 7.71. The summed E-state index contributed by atoms with van der Waals surface area (Å²) in [5, 5.41) is 6.95. The molecule has 2 N–H and O–H groups in total. The zero-order valence-electron chi connectivity index (χ0n) is 10.6. The van der Waals surface area contributed by atoms with Crippen LogP contribution in [0.15, 0.2) is 30.3 Å². The van der Waals surface area contributed by atoms with Crippen LogP contribution >= 0.6 is 23.6 Å². The molecule has 2 heterocycles. The maximum atomic E-state index is 5.04. The quantitative estimate of drug-likeness (QED) is 0.715. The highest BCUT2D eigenvalue weighted by atomic mass is 32.1. The van der Waals surface area contributed by atoms with E-state index in [1.807, 2.05) is 18.2 Å². The van der Waals surface area contributed by atoms with Crippen LogP contribution < -0.4 is 0 Å². The summed E-state index contributed by atoms with van der Waals surface area (Å²) in [5.74, 6) is 1.38. The lowest BCUT2D eigenvalue weighted by molar-refractivity contribution is 1.04. The Kier molecular flexibility index (Phi) is 2.78. The van der Waals surface area contributed by atoms with Crippen molar-refractivity contribution in [2.75, 3.05) is 0 Å². The summed E-state index contributed by atoms with van der Waals surface area (Å²) in [4.78, 5) is 10.3. The highest BCUT2D eigenvalue weighted by Crippen LogP contribution is 2.46. The van der Waals surface area contributed by atoms with E-state index >= 15 is 0 Å². The predicted molar refractivity (Wildman–Crippen MR) is 82.3 cm³/mol. The number of aromatic amines is 2. The minimum Gasteiger partial charge on any atom is -0.281 e. The van der Waals surface area contributed by atoms with Crippen molar-refractivity contribution in [3.63, 3.8) is 0 Å². The van der Waals surface area contributed by atoms with Gasteiger partial charge in [-0.25, -0.2) is 4.98 Å². The van der Waals surface area contributed by atoms with Gasteiger partial charge in [-0.3, -0.25) is 10.2 Å². The van der Waals surface area contributed by atoms with E-state index in [1.54, 1.807) is 11.3 Å². The Morgan fingerprint density at radius 1 is 1.10 bits per heavy atom. The van der Waals surface area contributed by atoms with Crippen molar-refractivity contribution in [1.29, 1.82) is 0 Å². The summed E-state index contributed by atoms with van der Waals surface area (Å²) < 4.78 is 0.483. The van der Waals surface area contributed by atoms with Gasteiger partial charge >= 0.3 is 0 Å². The Balaban J connectivity index is 1.86. The normalized spacial score (nSPS) is 14.6. The van der Waals surface area contributed by atoms with Crippen molar-refractivity contribution in [3.8, 4) is 21.3 Å². The van der Waals surface area contributed by atoms with Gasteiger partial charge < -0.3 is 0 Å². The van der Waals surface area contributed by atoms with Gasteiger partial charge in [0.25, 0.3) is 0 Å². The molecule has 1 aliphatic rings. The van der Waals surface area contributed by atoms with Crippen LogP contribution in [0.3, 0.4) is 0 Å². The van der Waals surface area contributed by atoms with Crippen molar-refractivity contribution in [2.45, 2.75) is 18.8 Å². The van der Waals surface area contributed by atoms with E-state index < -0.39 is 0 Å². The number of benzene rings is 1. The van der Waals surface area contributed by atoms with Gasteiger partial charge in [0, 0.05) is 11.5 Å². The van der Waals surface area contributed by atoms with Crippen molar-refractivity contribution in [1.82, 2.24) is 20.2 Å². The monoisotopic (exact) mass is 300 g/mol. The lowest BCUT2D eigenvalue weighted by Crippen LogP contribution is -1.86. The molecule has 1 saturated carbocycles. The highest BCUT2D eigenvalue weighted by Gasteiger charge is 2.31. The molecule has 0 spiro atoms. The number of nitrogens with zero attached hydrogens (tertiary/aromatic N) is 2. The fourth-order valence-electron chi connectivity index (χ4n) is 2.22. The SMILES string of the molecule is S=c1nc(-c2sc(-c3ccccc3)nc2C2CC2)[nH][nH]1. The van der Waals surface area contributed by atoms with Crippen LogP contribution in [0, 0.1) is 4.77 Å². The van der Waals surface area contributed by atoms with Crippen LogP contribution in [0.1, 0.15) is 24.5 Å². The van der Waals surface area contributed by atoms with Gasteiger partial charge in [-0.15, -0.1) is 11.3 Å². The van der Waals surface area contributed by atoms with E-state index in [0.717, 1.165) is 27.0 Å². The lowest BCUT2D eigenvalue weighted by atomic mass is 10.2. The number of H-pyrrole nitrogens is 2. The van der Waals surface area contributed by atoms with Crippen molar-refractivity contribution in [2.24, 2.45) is 0 Å². The minimum absolute atomic E-state index is 0.483. The molecule has 1 aromatic carbocycles. The molecule has 0 amide bonds. The summed E-state index contributed by atoms with van der Waals surface area (Å²) in [6, 6.07) is 10.3. The molecule has 0 radical (unpaired) electrons. The van der Waals surface area contributed by atoms with E-state index in [1.165, 1.54) is 12.8 Å². The Morgan fingerprint density at radius 3 is 2.55 bits per heavy atom. The van der Waals surface area contributed by atoms with E-state index in [0.29, 0.717) is 10.7 Å². The number of hydrogen-bond acceptors (Lipinski definition) is 4. The third-order valence-corrected chi connectivity index (χ3v) is 4.67. The zero-order chi connectivity index (χ0) is 13.5. The lowest BCUT2D eigenvalue weighted by Gasteiger charge is -1.94. The van der Waals surface area contributed by atoms with Gasteiger partial charge in [0.1, 0.15) is 5.01 Å². The summed E-state index contributed by atoms with van der Waals surface area (Å²) in [6.07, 6.45) is 2.44. The Bertz CT molecular complexity index is 796. The third kappa shape index (κ3) is 2.10. The first kappa shape index (κ1) is 12.0. The molecular weight excluding hydrogens is 288 g/mol. The molecule has 100 valence electrons. The fraction of sp³-hybridized carbons (Fsp3) is 0.214. The molecule has 2 aromatic heterocycles. The Hall–Kier alpha value is -1.79. The van der Waals surface area contributed by atoms with Gasteiger partial charge in [0.2, 0.25) is 4.77 Å². The third-order valence-electron chi connectivity index (χ3n) is 3.35. The first-order chi connectivity index (χ1) is 9.81. The van der Waals surface area contributed by atoms with Gasteiger partial charge in [0.05, 0.1) is 10.6 Å². The molecule has 1 fully saturated rings. The number of aromatic nitrogens is 4. The first-order valence-corrected chi connectivity index (χ1v) is 7.75. The van der Waals surface area contributed by atoms with E-state index in [-0.39, 0.29) is 0 Å². The van der Waals surface area contributed by atoms with Gasteiger partial charge in [-0.05, 0) is 25.1 Å². The van der Waals surface area contributed by atoms with Crippen LogP contribution in [-0.4, -0.2) is 20.2 Å². The van der Waals surface area contributed by atoms with Gasteiger partial charge in [0.15, 0.2) is 5.82 Å². The molecule has 0 aliphatic heterocycles. The van der Waals surface area contributed by atoms with Crippen molar-refractivity contribution >= 4 is 23.6 Å². The zero-order valence-corrected chi connectivity index (χ0v) is 12.2. The second-order valence-corrected chi connectivity index (χ2v) is 6.28. The molecular formula is C14H12N4S2. The van der Waals surface area contributed by atoms with Crippen LogP contribution in [-0.2, 0) is 0 Å². The first-order valence-electron chi connectivity index (χ1n) is 6.52. The molecule has 4 rings (SSSR count). The maximum absolute atomic E-state index is 5.04. The summed E-state index contributed by atoms with van der Waals surface area (Å²) in [5.41, 5.74) is 2.31. The molecule has 1 aliphatic carbocycles. The average Bonchev–Trinajstić information content (AvgIpc) is 3.08. The molecule has 0 saturated heterocycles. The van der Waals surface area contributed by atoms with Crippen LogP contribution in [0.5, 0.6) is 0 Å². The molecule has 4 nitrogen and oxygen atoms in total. The second kappa shape index (κ2) is 4.64. The van der Waals surface area contributed by atoms with Gasteiger partial charge in [-0.2, -0.15) is 4.98 Å². The standard InChI is InChI=1S/C14H12N4S2/c19-14-16-12(17-18-14)11-10(8-6-7-8)15-13(20-11)9-4-2-1-3-5-9/h1-5,8H,6-7H2,(H2,16,17,18,19). The van der Waals surface area contributed by atoms with Crippen molar-refractivity contribution < 1.29 is 0 Å². The van der Waals surface area contributed by atoms with Crippen LogP contribution in [0.2, 0.25) is 0 Å². The number of hydrogen-bond donors (Lipinski definition) is 2. The number of thiazole rings is 1. The predicted octanol–water partition coefficient (Wildman–Crippen LogP) is 4.14.